The number of pyridine rings is 1. The van der Waals surface area contributed by atoms with Gasteiger partial charge in [-0.05, 0) is 30.7 Å². The zero-order valence-electron chi connectivity index (χ0n) is 10.1. The minimum atomic E-state index is -0.379. The van der Waals surface area contributed by atoms with Crippen LogP contribution in [0.15, 0.2) is 36.5 Å². The molecule has 18 heavy (non-hydrogen) atoms. The van der Waals surface area contributed by atoms with Gasteiger partial charge in [-0.3, -0.25) is 4.98 Å². The molecule has 3 nitrogen and oxygen atoms in total. The zero-order valence-corrected chi connectivity index (χ0v) is 10.9. The Morgan fingerprint density at radius 2 is 1.89 bits per heavy atom. The highest BCUT2D eigenvalue weighted by Crippen LogP contribution is 2.23. The Morgan fingerprint density at radius 1 is 1.22 bits per heavy atom. The van der Waals surface area contributed by atoms with E-state index in [0.717, 1.165) is 11.1 Å². The maximum atomic E-state index is 11.6. The standard InChI is InChI=1S/C14H12ClNO2/c1-9-13(14(17)18-2)7-11(8-16-9)10-3-5-12(15)6-4-10/h3-8H,1-2H3. The fourth-order valence-corrected chi connectivity index (χ4v) is 1.78. The Balaban J connectivity index is 2.46. The van der Waals surface area contributed by atoms with Crippen molar-refractivity contribution in [1.82, 2.24) is 4.98 Å². The van der Waals surface area contributed by atoms with Gasteiger partial charge in [-0.2, -0.15) is 0 Å². The van der Waals surface area contributed by atoms with Gasteiger partial charge in [0.05, 0.1) is 18.4 Å². The Morgan fingerprint density at radius 3 is 2.50 bits per heavy atom. The topological polar surface area (TPSA) is 39.2 Å². The van der Waals surface area contributed by atoms with Crippen LogP contribution in [0.3, 0.4) is 0 Å². The maximum Gasteiger partial charge on any atom is 0.339 e. The van der Waals surface area contributed by atoms with E-state index in [1.54, 1.807) is 31.3 Å². The molecule has 0 bridgehead atoms. The number of carbonyl (C=O) groups is 1. The van der Waals surface area contributed by atoms with E-state index in [9.17, 15) is 4.79 Å². The van der Waals surface area contributed by atoms with Crippen molar-refractivity contribution in [3.8, 4) is 11.1 Å². The second-order valence-electron chi connectivity index (χ2n) is 3.86. The average Bonchev–Trinajstić information content (AvgIpc) is 2.39. The van der Waals surface area contributed by atoms with E-state index in [2.05, 4.69) is 4.98 Å². The van der Waals surface area contributed by atoms with Crippen LogP contribution in [-0.4, -0.2) is 18.1 Å². The average molecular weight is 262 g/mol. The molecule has 0 saturated carbocycles. The molecule has 0 spiro atoms. The molecule has 0 aliphatic heterocycles. The second kappa shape index (κ2) is 5.19. The van der Waals surface area contributed by atoms with Crippen LogP contribution < -0.4 is 0 Å². The van der Waals surface area contributed by atoms with Crippen molar-refractivity contribution in [2.45, 2.75) is 6.92 Å². The van der Waals surface area contributed by atoms with Crippen molar-refractivity contribution >= 4 is 17.6 Å². The zero-order chi connectivity index (χ0) is 13.1. The van der Waals surface area contributed by atoms with E-state index in [1.165, 1.54) is 7.11 Å². The van der Waals surface area contributed by atoms with E-state index in [1.807, 2.05) is 12.1 Å². The Kier molecular flexibility index (Phi) is 3.63. The third-order valence-corrected chi connectivity index (χ3v) is 2.92. The lowest BCUT2D eigenvalue weighted by Gasteiger charge is -2.06. The molecule has 1 aromatic heterocycles. The second-order valence-corrected chi connectivity index (χ2v) is 4.29. The summed E-state index contributed by atoms with van der Waals surface area (Å²) in [7, 11) is 1.36. The Bertz CT molecular complexity index is 579. The summed E-state index contributed by atoms with van der Waals surface area (Å²) in [5.74, 6) is -0.379. The molecule has 0 amide bonds. The molecule has 0 radical (unpaired) electrons. The number of carbonyl (C=O) groups excluding carboxylic acids is 1. The number of nitrogens with zero attached hydrogens (tertiary/aromatic N) is 1. The van der Waals surface area contributed by atoms with Crippen LogP contribution in [0.25, 0.3) is 11.1 Å². The van der Waals surface area contributed by atoms with Crippen LogP contribution in [0.1, 0.15) is 16.1 Å². The van der Waals surface area contributed by atoms with Crippen molar-refractivity contribution < 1.29 is 9.53 Å². The highest BCUT2D eigenvalue weighted by molar-refractivity contribution is 6.30. The van der Waals surface area contributed by atoms with Crippen LogP contribution in [-0.2, 0) is 4.74 Å². The first kappa shape index (κ1) is 12.6. The number of hydrogen-bond donors (Lipinski definition) is 0. The molecule has 2 aromatic rings. The van der Waals surface area contributed by atoms with E-state index in [0.29, 0.717) is 16.3 Å². The van der Waals surface area contributed by atoms with Crippen LogP contribution in [0.4, 0.5) is 0 Å². The predicted octanol–water partition coefficient (Wildman–Crippen LogP) is 3.50. The van der Waals surface area contributed by atoms with Gasteiger partial charge in [-0.1, -0.05) is 23.7 Å². The van der Waals surface area contributed by atoms with Crippen molar-refractivity contribution in [1.29, 1.82) is 0 Å². The molecule has 1 aromatic carbocycles. The number of methoxy groups -OCH3 is 1. The molecule has 1 heterocycles. The monoisotopic (exact) mass is 261 g/mol. The lowest BCUT2D eigenvalue weighted by molar-refractivity contribution is 0.0599. The number of rotatable bonds is 2. The summed E-state index contributed by atoms with van der Waals surface area (Å²) in [6, 6.07) is 9.14. The van der Waals surface area contributed by atoms with Crippen molar-refractivity contribution in [2.75, 3.05) is 7.11 Å². The largest absolute Gasteiger partial charge is 0.465 e. The number of halogens is 1. The number of aryl methyl sites for hydroxylation is 1. The Labute approximate surface area is 110 Å². The minimum absolute atomic E-state index is 0.379. The first-order chi connectivity index (χ1) is 8.61. The summed E-state index contributed by atoms with van der Waals surface area (Å²) >= 11 is 5.84. The van der Waals surface area contributed by atoms with Crippen LogP contribution >= 0.6 is 11.6 Å². The summed E-state index contributed by atoms with van der Waals surface area (Å²) in [4.78, 5) is 15.8. The first-order valence-corrected chi connectivity index (χ1v) is 5.80. The van der Waals surface area contributed by atoms with E-state index in [4.69, 9.17) is 16.3 Å². The molecular formula is C14H12ClNO2. The molecule has 92 valence electrons. The molecule has 2 rings (SSSR count). The van der Waals surface area contributed by atoms with Crippen LogP contribution in [0, 0.1) is 6.92 Å². The molecule has 0 aliphatic rings. The highest BCUT2D eigenvalue weighted by Gasteiger charge is 2.11. The van der Waals surface area contributed by atoms with Crippen molar-refractivity contribution in [3.63, 3.8) is 0 Å². The third kappa shape index (κ3) is 2.51. The molecule has 4 heteroatoms. The summed E-state index contributed by atoms with van der Waals surface area (Å²) in [5.41, 5.74) is 2.94. The smallest absolute Gasteiger partial charge is 0.339 e. The summed E-state index contributed by atoms with van der Waals surface area (Å²) in [6.07, 6.45) is 1.73. The Hall–Kier alpha value is -1.87. The van der Waals surface area contributed by atoms with Gasteiger partial charge in [-0.25, -0.2) is 4.79 Å². The highest BCUT2D eigenvalue weighted by atomic mass is 35.5. The van der Waals surface area contributed by atoms with Crippen molar-refractivity contribution in [3.05, 3.63) is 52.8 Å². The van der Waals surface area contributed by atoms with Gasteiger partial charge in [0.1, 0.15) is 0 Å². The van der Waals surface area contributed by atoms with Gasteiger partial charge in [0.25, 0.3) is 0 Å². The predicted molar refractivity (Wildman–Crippen MR) is 70.8 cm³/mol. The van der Waals surface area contributed by atoms with E-state index in [-0.39, 0.29) is 5.97 Å². The lowest BCUT2D eigenvalue weighted by Crippen LogP contribution is -2.05. The maximum absolute atomic E-state index is 11.6. The number of benzene rings is 1. The van der Waals surface area contributed by atoms with Gasteiger partial charge in [0, 0.05) is 16.8 Å². The van der Waals surface area contributed by atoms with Gasteiger partial charge in [0.2, 0.25) is 0 Å². The quantitative estimate of drug-likeness (QED) is 0.777. The summed E-state index contributed by atoms with van der Waals surface area (Å²) in [6.45, 7) is 1.78. The van der Waals surface area contributed by atoms with Crippen LogP contribution in [0.5, 0.6) is 0 Å². The lowest BCUT2D eigenvalue weighted by atomic mass is 10.0. The van der Waals surface area contributed by atoms with Gasteiger partial charge in [-0.15, -0.1) is 0 Å². The number of esters is 1. The van der Waals surface area contributed by atoms with Crippen LogP contribution in [0.2, 0.25) is 5.02 Å². The molecule has 0 fully saturated rings. The van der Waals surface area contributed by atoms with Gasteiger partial charge < -0.3 is 4.74 Å². The summed E-state index contributed by atoms with van der Waals surface area (Å²) in [5, 5.41) is 0.673. The van der Waals surface area contributed by atoms with E-state index >= 15 is 0 Å². The fraction of sp³-hybridized carbons (Fsp3) is 0.143. The number of hydrogen-bond acceptors (Lipinski definition) is 3. The molecule has 0 atom stereocenters. The molecule has 0 N–H and O–H groups in total. The molecule has 0 unspecified atom stereocenters. The first-order valence-electron chi connectivity index (χ1n) is 5.42. The molecule has 0 saturated heterocycles. The SMILES string of the molecule is COC(=O)c1cc(-c2ccc(Cl)cc2)cnc1C. The van der Waals surface area contributed by atoms with E-state index < -0.39 is 0 Å². The third-order valence-electron chi connectivity index (χ3n) is 2.67. The van der Waals surface area contributed by atoms with Crippen molar-refractivity contribution in [2.24, 2.45) is 0 Å². The number of ether oxygens (including phenoxy) is 1. The summed E-state index contributed by atoms with van der Waals surface area (Å²) < 4.78 is 4.73. The van der Waals surface area contributed by atoms with Gasteiger partial charge >= 0.3 is 5.97 Å². The molecular weight excluding hydrogens is 250 g/mol. The fourth-order valence-electron chi connectivity index (χ4n) is 1.65. The normalized spacial score (nSPS) is 10.2. The molecule has 0 aliphatic carbocycles. The number of aromatic nitrogens is 1. The van der Waals surface area contributed by atoms with Gasteiger partial charge in [0.15, 0.2) is 0 Å². The minimum Gasteiger partial charge on any atom is -0.465 e.